The molecule has 3 atom stereocenters. The number of nitrogens with zero attached hydrogens (tertiary/aromatic N) is 2. The molecule has 0 aliphatic carbocycles. The standard InChI is InChI=1S/C22H26N4O6S/c1-32-17-7-9-18(10-8-17)33(30,31)26-19(21(27)24-29)13-15-11-12-25(14-20(15)26)22(28)23-16-5-3-2-4-6-16/h2-10,15,19-20,29H,11-14H2,1H3,(H,23,28)(H,24,27)/t15-,19-,20-/m0/s1. The Morgan fingerprint density at radius 3 is 2.42 bits per heavy atom. The molecule has 33 heavy (non-hydrogen) atoms. The third kappa shape index (κ3) is 4.52. The molecule has 4 rings (SSSR count). The molecule has 176 valence electrons. The molecule has 11 heteroatoms. The van der Waals surface area contributed by atoms with Crippen molar-refractivity contribution in [3.63, 3.8) is 0 Å². The van der Waals surface area contributed by atoms with E-state index in [2.05, 4.69) is 5.32 Å². The lowest BCUT2D eigenvalue weighted by atomic mass is 9.91. The number of ether oxygens (including phenoxy) is 1. The molecule has 0 spiro atoms. The van der Waals surface area contributed by atoms with Crippen LogP contribution in [0, 0.1) is 5.92 Å². The largest absolute Gasteiger partial charge is 0.497 e. The normalized spacial score (nSPS) is 23.0. The fraction of sp³-hybridized carbons (Fsp3) is 0.364. The minimum atomic E-state index is -4.10. The number of hydrogen-bond donors (Lipinski definition) is 3. The van der Waals surface area contributed by atoms with Gasteiger partial charge in [0.15, 0.2) is 0 Å². The van der Waals surface area contributed by atoms with Gasteiger partial charge in [0, 0.05) is 24.8 Å². The number of methoxy groups -OCH3 is 1. The number of nitrogens with one attached hydrogen (secondary N) is 2. The molecule has 2 aliphatic heterocycles. The van der Waals surface area contributed by atoms with Gasteiger partial charge in [-0.2, -0.15) is 4.31 Å². The molecule has 0 saturated carbocycles. The molecule has 2 fully saturated rings. The van der Waals surface area contributed by atoms with Gasteiger partial charge in [-0.25, -0.2) is 18.7 Å². The molecule has 3 amide bonds. The fourth-order valence-corrected chi connectivity index (χ4v) is 6.42. The minimum absolute atomic E-state index is 0.00514. The summed E-state index contributed by atoms with van der Waals surface area (Å²) < 4.78 is 33.4. The van der Waals surface area contributed by atoms with Gasteiger partial charge in [0.1, 0.15) is 11.8 Å². The van der Waals surface area contributed by atoms with E-state index in [0.717, 1.165) is 4.31 Å². The number of para-hydroxylation sites is 1. The van der Waals surface area contributed by atoms with Crippen molar-refractivity contribution in [2.75, 3.05) is 25.5 Å². The van der Waals surface area contributed by atoms with Crippen LogP contribution >= 0.6 is 0 Å². The topological polar surface area (TPSA) is 128 Å². The third-order valence-corrected chi connectivity index (χ3v) is 8.19. The Morgan fingerprint density at radius 1 is 1.09 bits per heavy atom. The van der Waals surface area contributed by atoms with Gasteiger partial charge in [0.05, 0.1) is 12.0 Å². The highest BCUT2D eigenvalue weighted by Crippen LogP contribution is 2.40. The second-order valence-corrected chi connectivity index (χ2v) is 9.94. The number of amides is 3. The highest BCUT2D eigenvalue weighted by molar-refractivity contribution is 7.89. The smallest absolute Gasteiger partial charge is 0.321 e. The molecule has 2 aromatic rings. The molecule has 2 aliphatic rings. The van der Waals surface area contributed by atoms with Gasteiger partial charge in [-0.1, -0.05) is 18.2 Å². The highest BCUT2D eigenvalue weighted by Gasteiger charge is 2.52. The van der Waals surface area contributed by atoms with E-state index in [1.807, 2.05) is 6.07 Å². The first-order valence-corrected chi connectivity index (χ1v) is 12.0. The molecule has 2 saturated heterocycles. The summed E-state index contributed by atoms with van der Waals surface area (Å²) in [4.78, 5) is 26.8. The number of urea groups is 1. The van der Waals surface area contributed by atoms with E-state index in [4.69, 9.17) is 4.74 Å². The lowest BCUT2D eigenvalue weighted by Crippen LogP contribution is -2.55. The van der Waals surface area contributed by atoms with E-state index < -0.39 is 28.0 Å². The number of fused-ring (bicyclic) bond motifs is 1. The van der Waals surface area contributed by atoms with E-state index in [-0.39, 0.29) is 29.8 Å². The van der Waals surface area contributed by atoms with Crippen LogP contribution in [0.25, 0.3) is 0 Å². The fourth-order valence-electron chi connectivity index (χ4n) is 4.59. The zero-order valence-corrected chi connectivity index (χ0v) is 18.9. The summed E-state index contributed by atoms with van der Waals surface area (Å²) in [6, 6.07) is 12.9. The summed E-state index contributed by atoms with van der Waals surface area (Å²) in [6.45, 7) is 0.567. The minimum Gasteiger partial charge on any atom is -0.497 e. The lowest BCUT2D eigenvalue weighted by Gasteiger charge is -2.38. The van der Waals surface area contributed by atoms with Gasteiger partial charge < -0.3 is 15.0 Å². The van der Waals surface area contributed by atoms with Crippen LogP contribution in [0.2, 0.25) is 0 Å². The molecular formula is C22H26N4O6S. The monoisotopic (exact) mass is 474 g/mol. The van der Waals surface area contributed by atoms with E-state index >= 15 is 0 Å². The summed E-state index contributed by atoms with van der Waals surface area (Å²) in [7, 11) is -2.62. The van der Waals surface area contributed by atoms with Crippen molar-refractivity contribution in [3.05, 3.63) is 54.6 Å². The Bertz CT molecular complexity index is 1110. The van der Waals surface area contributed by atoms with Crippen molar-refractivity contribution >= 4 is 27.6 Å². The Balaban J connectivity index is 1.61. The molecule has 2 aromatic carbocycles. The summed E-state index contributed by atoms with van der Waals surface area (Å²) in [5.74, 6) is -0.415. The molecule has 0 aromatic heterocycles. The Hall–Kier alpha value is -3.15. The molecule has 10 nitrogen and oxygen atoms in total. The van der Waals surface area contributed by atoms with Crippen LogP contribution in [0.4, 0.5) is 10.5 Å². The van der Waals surface area contributed by atoms with Gasteiger partial charge in [0.2, 0.25) is 10.0 Å². The van der Waals surface area contributed by atoms with Crippen molar-refractivity contribution in [1.82, 2.24) is 14.7 Å². The van der Waals surface area contributed by atoms with Crippen LogP contribution < -0.4 is 15.5 Å². The predicted molar refractivity (Wildman–Crippen MR) is 119 cm³/mol. The molecule has 0 unspecified atom stereocenters. The van der Waals surface area contributed by atoms with E-state index in [0.29, 0.717) is 24.4 Å². The first kappa shape index (κ1) is 23.0. The number of hydroxylamine groups is 1. The quantitative estimate of drug-likeness (QED) is 0.448. The van der Waals surface area contributed by atoms with Gasteiger partial charge in [0.25, 0.3) is 5.91 Å². The maximum atomic E-state index is 13.6. The molecule has 3 N–H and O–H groups in total. The molecule has 2 heterocycles. The van der Waals surface area contributed by atoms with Gasteiger partial charge in [-0.3, -0.25) is 10.0 Å². The van der Waals surface area contributed by atoms with Crippen LogP contribution in [-0.4, -0.2) is 67.1 Å². The number of carbonyl (C=O) groups excluding carboxylic acids is 2. The van der Waals surface area contributed by atoms with Gasteiger partial charge in [-0.05, 0) is 55.2 Å². The summed E-state index contributed by atoms with van der Waals surface area (Å²) in [5.41, 5.74) is 2.23. The lowest BCUT2D eigenvalue weighted by molar-refractivity contribution is -0.132. The van der Waals surface area contributed by atoms with E-state index in [9.17, 15) is 23.2 Å². The van der Waals surface area contributed by atoms with Crippen LogP contribution in [0.15, 0.2) is 59.5 Å². The summed E-state index contributed by atoms with van der Waals surface area (Å²) in [6.07, 6.45) is 0.803. The van der Waals surface area contributed by atoms with Gasteiger partial charge >= 0.3 is 6.03 Å². The number of likely N-dealkylation sites (tertiary alicyclic amines) is 1. The number of sulfonamides is 1. The number of rotatable bonds is 5. The molecule has 0 radical (unpaired) electrons. The number of piperidine rings is 1. The number of carbonyl (C=O) groups is 2. The second kappa shape index (κ2) is 9.38. The Kier molecular flexibility index (Phi) is 6.54. The van der Waals surface area contributed by atoms with Gasteiger partial charge in [-0.15, -0.1) is 0 Å². The number of benzene rings is 2. The molecular weight excluding hydrogens is 448 g/mol. The van der Waals surface area contributed by atoms with Crippen molar-refractivity contribution in [2.24, 2.45) is 5.92 Å². The van der Waals surface area contributed by atoms with Crippen molar-refractivity contribution in [3.8, 4) is 5.75 Å². The average Bonchev–Trinajstić information content (AvgIpc) is 3.24. The van der Waals surface area contributed by atoms with E-state index in [1.54, 1.807) is 34.6 Å². The second-order valence-electron chi connectivity index (χ2n) is 8.10. The Labute approximate surface area is 192 Å². The summed E-state index contributed by atoms with van der Waals surface area (Å²) in [5, 5.41) is 12.1. The SMILES string of the molecule is COc1ccc(S(=O)(=O)N2[C@H](C(=O)NO)C[C@@H]3CCN(C(=O)Nc4ccccc4)C[C@@H]32)cc1. The molecule has 0 bridgehead atoms. The van der Waals surface area contributed by atoms with Crippen molar-refractivity contribution in [2.45, 2.75) is 29.8 Å². The maximum Gasteiger partial charge on any atom is 0.321 e. The van der Waals surface area contributed by atoms with E-state index in [1.165, 1.54) is 31.4 Å². The average molecular weight is 475 g/mol. The third-order valence-electron chi connectivity index (χ3n) is 6.24. The highest BCUT2D eigenvalue weighted by atomic mass is 32.2. The number of hydrogen-bond acceptors (Lipinski definition) is 6. The predicted octanol–water partition coefficient (Wildman–Crippen LogP) is 1.89. The summed E-state index contributed by atoms with van der Waals surface area (Å²) >= 11 is 0. The zero-order valence-electron chi connectivity index (χ0n) is 18.0. The van der Waals surface area contributed by atoms with Crippen LogP contribution in [0.1, 0.15) is 12.8 Å². The first-order chi connectivity index (χ1) is 15.8. The zero-order chi connectivity index (χ0) is 23.6. The van der Waals surface area contributed by atoms with Crippen molar-refractivity contribution < 1.29 is 28.0 Å². The number of anilines is 1. The van der Waals surface area contributed by atoms with Crippen LogP contribution in [0.5, 0.6) is 5.75 Å². The maximum absolute atomic E-state index is 13.6. The van der Waals surface area contributed by atoms with Crippen molar-refractivity contribution in [1.29, 1.82) is 0 Å². The van der Waals surface area contributed by atoms with Crippen LogP contribution in [0.3, 0.4) is 0 Å². The Morgan fingerprint density at radius 2 is 1.79 bits per heavy atom. The van der Waals surface area contributed by atoms with Crippen LogP contribution in [-0.2, 0) is 14.8 Å². The first-order valence-electron chi connectivity index (χ1n) is 10.6.